The summed E-state index contributed by atoms with van der Waals surface area (Å²) >= 11 is 0. The summed E-state index contributed by atoms with van der Waals surface area (Å²) in [5, 5.41) is 6.60. The van der Waals surface area contributed by atoms with Crippen molar-refractivity contribution >= 4 is 6.29 Å². The Morgan fingerprint density at radius 2 is 2.41 bits per heavy atom. The van der Waals surface area contributed by atoms with Crippen LogP contribution in [0, 0.1) is 11.8 Å². The van der Waals surface area contributed by atoms with E-state index < -0.39 is 0 Å². The van der Waals surface area contributed by atoms with Crippen LogP contribution in [0.5, 0.6) is 0 Å². The van der Waals surface area contributed by atoms with Crippen LogP contribution in [-0.4, -0.2) is 26.4 Å². The number of carbonyl (C=O) groups excluding carboxylic acids is 1. The molecule has 0 radical (unpaired) electrons. The lowest BCUT2D eigenvalue weighted by Crippen LogP contribution is -2.29. The van der Waals surface area contributed by atoms with Crippen LogP contribution in [-0.2, 0) is 4.79 Å². The molecule has 0 aromatic heterocycles. The number of allylic oxidation sites excluding steroid dienone is 2. The van der Waals surface area contributed by atoms with Gasteiger partial charge in [0.05, 0.1) is 0 Å². The number of nitrogens with one attached hydrogen (secondary N) is 2. The van der Waals surface area contributed by atoms with Crippen LogP contribution in [0.3, 0.4) is 0 Å². The summed E-state index contributed by atoms with van der Waals surface area (Å²) in [6.07, 6.45) is 9.32. The molecule has 0 amide bonds. The number of hydrogen-bond acceptors (Lipinski definition) is 3. The molecule has 17 heavy (non-hydrogen) atoms. The lowest BCUT2D eigenvalue weighted by Gasteiger charge is -2.26. The molecule has 2 atom stereocenters. The van der Waals surface area contributed by atoms with Gasteiger partial charge in [0.15, 0.2) is 0 Å². The zero-order valence-electron chi connectivity index (χ0n) is 11.2. The van der Waals surface area contributed by atoms with Gasteiger partial charge in [-0.05, 0) is 38.6 Å². The number of rotatable bonds is 8. The summed E-state index contributed by atoms with van der Waals surface area (Å²) < 4.78 is 0. The van der Waals surface area contributed by atoms with Gasteiger partial charge >= 0.3 is 0 Å². The highest BCUT2D eigenvalue weighted by Crippen LogP contribution is 2.26. The van der Waals surface area contributed by atoms with Crippen molar-refractivity contribution in [2.75, 3.05) is 20.1 Å². The molecule has 1 aliphatic carbocycles. The molecule has 1 rings (SSSR count). The van der Waals surface area contributed by atoms with Gasteiger partial charge in [-0.25, -0.2) is 0 Å². The van der Waals surface area contributed by atoms with Crippen LogP contribution in [0.1, 0.15) is 39.0 Å². The second kappa shape index (κ2) is 8.29. The molecule has 1 aliphatic rings. The average Bonchev–Trinajstić information content (AvgIpc) is 2.36. The van der Waals surface area contributed by atoms with Crippen molar-refractivity contribution in [3.8, 4) is 0 Å². The third-order valence-electron chi connectivity index (χ3n) is 3.45. The van der Waals surface area contributed by atoms with Gasteiger partial charge in [-0.3, -0.25) is 0 Å². The Morgan fingerprint density at radius 1 is 1.59 bits per heavy atom. The van der Waals surface area contributed by atoms with Crippen molar-refractivity contribution in [3.05, 3.63) is 11.8 Å². The quantitative estimate of drug-likeness (QED) is 0.502. The standard InChI is InChI=1S/C14H26N2O/c1-3-4-8-16-14-7-5-6-12(9-14)13(11-17)10-15-2/h9,11-13,15-16H,3-8,10H2,1-2H3/t12?,13-/m0/s1. The maximum Gasteiger partial charge on any atom is 0.124 e. The monoisotopic (exact) mass is 238 g/mol. The fourth-order valence-electron chi connectivity index (χ4n) is 2.40. The Labute approximate surface area is 105 Å². The largest absolute Gasteiger partial charge is 0.389 e. The fraction of sp³-hybridized carbons (Fsp3) is 0.786. The summed E-state index contributed by atoms with van der Waals surface area (Å²) in [5.74, 6) is 0.543. The topological polar surface area (TPSA) is 41.1 Å². The first-order valence-corrected chi connectivity index (χ1v) is 6.86. The van der Waals surface area contributed by atoms with Crippen molar-refractivity contribution in [1.29, 1.82) is 0 Å². The maximum atomic E-state index is 11.1. The Morgan fingerprint density at radius 3 is 3.06 bits per heavy atom. The Kier molecular flexibility index (Phi) is 6.94. The van der Waals surface area contributed by atoms with E-state index in [2.05, 4.69) is 23.6 Å². The molecule has 0 saturated heterocycles. The minimum absolute atomic E-state index is 0.128. The second-order valence-electron chi connectivity index (χ2n) is 4.89. The van der Waals surface area contributed by atoms with Crippen LogP contribution < -0.4 is 10.6 Å². The molecule has 2 N–H and O–H groups in total. The van der Waals surface area contributed by atoms with Crippen LogP contribution >= 0.6 is 0 Å². The summed E-state index contributed by atoms with van der Waals surface area (Å²) in [5.41, 5.74) is 1.35. The van der Waals surface area contributed by atoms with E-state index >= 15 is 0 Å². The molecular weight excluding hydrogens is 212 g/mol. The molecule has 3 nitrogen and oxygen atoms in total. The predicted molar refractivity (Wildman–Crippen MR) is 71.8 cm³/mol. The van der Waals surface area contributed by atoms with Crippen LogP contribution in [0.4, 0.5) is 0 Å². The first kappa shape index (κ1) is 14.2. The van der Waals surface area contributed by atoms with Gasteiger partial charge in [0.1, 0.15) is 6.29 Å². The van der Waals surface area contributed by atoms with Crippen molar-refractivity contribution in [2.45, 2.75) is 39.0 Å². The fourth-order valence-corrected chi connectivity index (χ4v) is 2.40. The molecule has 0 spiro atoms. The van der Waals surface area contributed by atoms with Gasteiger partial charge in [-0.2, -0.15) is 0 Å². The van der Waals surface area contributed by atoms with E-state index in [1.54, 1.807) is 0 Å². The zero-order valence-corrected chi connectivity index (χ0v) is 11.2. The number of carbonyl (C=O) groups is 1. The SMILES string of the molecule is CCCCNC1=CC([C@H](C=O)CNC)CCC1. The van der Waals surface area contributed by atoms with E-state index in [0.29, 0.717) is 5.92 Å². The Bertz CT molecular complexity index is 251. The second-order valence-corrected chi connectivity index (χ2v) is 4.89. The van der Waals surface area contributed by atoms with E-state index in [0.717, 1.165) is 32.2 Å². The van der Waals surface area contributed by atoms with Gasteiger partial charge in [0.25, 0.3) is 0 Å². The van der Waals surface area contributed by atoms with Gasteiger partial charge < -0.3 is 15.4 Å². The third-order valence-corrected chi connectivity index (χ3v) is 3.45. The van der Waals surface area contributed by atoms with Gasteiger partial charge in [-0.1, -0.05) is 19.4 Å². The number of aldehydes is 1. The predicted octanol–water partition coefficient (Wildman–Crippen LogP) is 2.09. The van der Waals surface area contributed by atoms with E-state index in [1.807, 2.05) is 7.05 Å². The summed E-state index contributed by atoms with van der Waals surface area (Å²) in [6.45, 7) is 4.05. The summed E-state index contributed by atoms with van der Waals surface area (Å²) in [7, 11) is 1.91. The molecule has 1 unspecified atom stereocenters. The van der Waals surface area contributed by atoms with E-state index in [4.69, 9.17) is 0 Å². The molecule has 0 bridgehead atoms. The van der Waals surface area contributed by atoms with Crippen LogP contribution in [0.2, 0.25) is 0 Å². The Balaban J connectivity index is 2.49. The van der Waals surface area contributed by atoms with Crippen LogP contribution in [0.15, 0.2) is 11.8 Å². The normalized spacial score (nSPS) is 21.8. The van der Waals surface area contributed by atoms with Crippen LogP contribution in [0.25, 0.3) is 0 Å². The number of unbranched alkanes of at least 4 members (excludes halogenated alkanes) is 1. The van der Waals surface area contributed by atoms with E-state index in [9.17, 15) is 4.79 Å². The van der Waals surface area contributed by atoms with Gasteiger partial charge in [0.2, 0.25) is 0 Å². The van der Waals surface area contributed by atoms with Gasteiger partial charge in [0, 0.05) is 24.7 Å². The molecule has 98 valence electrons. The Hall–Kier alpha value is -0.830. The lowest BCUT2D eigenvalue weighted by molar-refractivity contribution is -0.112. The summed E-state index contributed by atoms with van der Waals surface area (Å²) in [6, 6.07) is 0. The average molecular weight is 238 g/mol. The van der Waals surface area contributed by atoms with Crippen molar-refractivity contribution in [1.82, 2.24) is 10.6 Å². The maximum absolute atomic E-state index is 11.1. The van der Waals surface area contributed by atoms with E-state index in [1.165, 1.54) is 25.0 Å². The van der Waals surface area contributed by atoms with Crippen molar-refractivity contribution in [3.63, 3.8) is 0 Å². The van der Waals surface area contributed by atoms with Crippen molar-refractivity contribution in [2.24, 2.45) is 11.8 Å². The smallest absolute Gasteiger partial charge is 0.124 e. The molecule has 0 fully saturated rings. The van der Waals surface area contributed by atoms with Crippen molar-refractivity contribution < 1.29 is 4.79 Å². The molecule has 0 heterocycles. The molecule has 3 heteroatoms. The highest BCUT2D eigenvalue weighted by molar-refractivity contribution is 5.55. The molecular formula is C14H26N2O. The minimum Gasteiger partial charge on any atom is -0.389 e. The number of hydrogen-bond donors (Lipinski definition) is 2. The lowest BCUT2D eigenvalue weighted by atomic mass is 9.84. The minimum atomic E-state index is 0.128. The summed E-state index contributed by atoms with van der Waals surface area (Å²) in [4.78, 5) is 11.1. The zero-order chi connectivity index (χ0) is 12.5. The first-order valence-electron chi connectivity index (χ1n) is 6.86. The first-order chi connectivity index (χ1) is 8.31. The molecule has 0 saturated carbocycles. The van der Waals surface area contributed by atoms with E-state index in [-0.39, 0.29) is 5.92 Å². The highest BCUT2D eigenvalue weighted by atomic mass is 16.1. The van der Waals surface area contributed by atoms with Gasteiger partial charge in [-0.15, -0.1) is 0 Å². The molecule has 0 aromatic rings. The molecule has 0 aromatic carbocycles. The third kappa shape index (κ3) is 4.90. The molecule has 0 aliphatic heterocycles. The highest BCUT2D eigenvalue weighted by Gasteiger charge is 2.21.